The van der Waals surface area contributed by atoms with Crippen molar-refractivity contribution in [3.8, 4) is 0 Å². The van der Waals surface area contributed by atoms with Crippen molar-refractivity contribution in [2.75, 3.05) is 5.32 Å². The molecule has 0 aliphatic carbocycles. The summed E-state index contributed by atoms with van der Waals surface area (Å²) >= 11 is 0. The van der Waals surface area contributed by atoms with Gasteiger partial charge in [0.25, 0.3) is 0 Å². The SMILES string of the molecule is CCCC[C@@H](CC)C(=O)Nc1cccnc1. The Kier molecular flexibility index (Phi) is 5.54. The van der Waals surface area contributed by atoms with Gasteiger partial charge in [-0.25, -0.2) is 0 Å². The number of pyridine rings is 1. The molecule has 16 heavy (non-hydrogen) atoms. The molecule has 3 heteroatoms. The number of carbonyl (C=O) groups excluding carboxylic acids is 1. The fraction of sp³-hybridized carbons (Fsp3) is 0.538. The predicted octanol–water partition coefficient (Wildman–Crippen LogP) is 3.24. The Morgan fingerprint density at radius 2 is 2.31 bits per heavy atom. The molecule has 0 aliphatic heterocycles. The standard InChI is InChI=1S/C13H20N2O/c1-3-5-7-11(4-2)13(16)15-12-8-6-9-14-10-12/h6,8-11H,3-5,7H2,1-2H3,(H,15,16)/t11-/m1/s1. The first-order chi connectivity index (χ1) is 7.77. The van der Waals surface area contributed by atoms with Crippen LogP contribution >= 0.6 is 0 Å². The number of rotatable bonds is 6. The molecule has 3 nitrogen and oxygen atoms in total. The molecule has 0 fully saturated rings. The highest BCUT2D eigenvalue weighted by atomic mass is 16.1. The van der Waals surface area contributed by atoms with Crippen molar-refractivity contribution in [3.63, 3.8) is 0 Å². The molecule has 1 rings (SSSR count). The lowest BCUT2D eigenvalue weighted by molar-refractivity contribution is -0.120. The maximum Gasteiger partial charge on any atom is 0.227 e. The third kappa shape index (κ3) is 4.01. The van der Waals surface area contributed by atoms with Crippen LogP contribution in [0.1, 0.15) is 39.5 Å². The molecule has 0 unspecified atom stereocenters. The maximum absolute atomic E-state index is 11.9. The van der Waals surface area contributed by atoms with Gasteiger partial charge >= 0.3 is 0 Å². The largest absolute Gasteiger partial charge is 0.324 e. The topological polar surface area (TPSA) is 42.0 Å². The van der Waals surface area contributed by atoms with Gasteiger partial charge in [-0.2, -0.15) is 0 Å². The first-order valence-electron chi connectivity index (χ1n) is 5.98. The van der Waals surface area contributed by atoms with Crippen molar-refractivity contribution in [1.82, 2.24) is 4.98 Å². The molecule has 0 bridgehead atoms. The van der Waals surface area contributed by atoms with Crippen molar-refractivity contribution in [1.29, 1.82) is 0 Å². The van der Waals surface area contributed by atoms with Crippen LogP contribution in [-0.4, -0.2) is 10.9 Å². The van der Waals surface area contributed by atoms with Crippen LogP contribution in [0, 0.1) is 5.92 Å². The van der Waals surface area contributed by atoms with Crippen LogP contribution in [0.5, 0.6) is 0 Å². The molecule has 1 aromatic heterocycles. The molecule has 1 amide bonds. The maximum atomic E-state index is 11.9. The number of amides is 1. The Labute approximate surface area is 97.3 Å². The van der Waals surface area contributed by atoms with Crippen molar-refractivity contribution in [2.45, 2.75) is 39.5 Å². The second kappa shape index (κ2) is 6.99. The van der Waals surface area contributed by atoms with Gasteiger partial charge in [-0.3, -0.25) is 9.78 Å². The summed E-state index contributed by atoms with van der Waals surface area (Å²) in [6, 6.07) is 3.68. The normalized spacial score (nSPS) is 12.1. The third-order valence-electron chi connectivity index (χ3n) is 2.70. The Hall–Kier alpha value is -1.38. The molecule has 0 aromatic carbocycles. The van der Waals surface area contributed by atoms with Gasteiger partial charge in [0.15, 0.2) is 0 Å². The van der Waals surface area contributed by atoms with Gasteiger partial charge in [0.2, 0.25) is 5.91 Å². The van der Waals surface area contributed by atoms with Crippen LogP contribution in [0.2, 0.25) is 0 Å². The molecule has 88 valence electrons. The zero-order valence-electron chi connectivity index (χ0n) is 10.1. The number of nitrogens with zero attached hydrogens (tertiary/aromatic N) is 1. The van der Waals surface area contributed by atoms with E-state index in [0.717, 1.165) is 31.4 Å². The summed E-state index contributed by atoms with van der Waals surface area (Å²) in [5, 5.41) is 2.90. The van der Waals surface area contributed by atoms with Gasteiger partial charge in [0, 0.05) is 12.1 Å². The smallest absolute Gasteiger partial charge is 0.227 e. The number of carbonyl (C=O) groups is 1. The van der Waals surface area contributed by atoms with E-state index in [1.165, 1.54) is 0 Å². The Morgan fingerprint density at radius 1 is 1.50 bits per heavy atom. The minimum absolute atomic E-state index is 0.115. The van der Waals surface area contributed by atoms with E-state index in [4.69, 9.17) is 0 Å². The molecular formula is C13H20N2O. The Balaban J connectivity index is 2.49. The summed E-state index contributed by atoms with van der Waals surface area (Å²) in [5.74, 6) is 0.240. The predicted molar refractivity (Wildman–Crippen MR) is 66.2 cm³/mol. The van der Waals surface area contributed by atoms with Crippen LogP contribution in [0.15, 0.2) is 24.5 Å². The lowest BCUT2D eigenvalue weighted by Gasteiger charge is -2.14. The number of aromatic nitrogens is 1. The fourth-order valence-electron chi connectivity index (χ4n) is 1.65. The zero-order valence-corrected chi connectivity index (χ0v) is 10.1. The Morgan fingerprint density at radius 3 is 2.88 bits per heavy atom. The first kappa shape index (κ1) is 12.7. The molecule has 0 spiro atoms. The summed E-state index contributed by atoms with van der Waals surface area (Å²) < 4.78 is 0. The van der Waals surface area contributed by atoms with Gasteiger partial charge in [-0.05, 0) is 25.0 Å². The van der Waals surface area contributed by atoms with Gasteiger partial charge < -0.3 is 5.32 Å². The molecule has 1 N–H and O–H groups in total. The van der Waals surface area contributed by atoms with Crippen LogP contribution in [-0.2, 0) is 4.79 Å². The van der Waals surface area contributed by atoms with Crippen molar-refractivity contribution < 1.29 is 4.79 Å². The molecular weight excluding hydrogens is 200 g/mol. The fourth-order valence-corrected chi connectivity index (χ4v) is 1.65. The highest BCUT2D eigenvalue weighted by Crippen LogP contribution is 2.15. The van der Waals surface area contributed by atoms with Crippen LogP contribution < -0.4 is 5.32 Å². The average molecular weight is 220 g/mol. The molecule has 0 saturated carbocycles. The third-order valence-corrected chi connectivity index (χ3v) is 2.70. The average Bonchev–Trinajstić information content (AvgIpc) is 2.31. The lowest BCUT2D eigenvalue weighted by Crippen LogP contribution is -2.22. The molecule has 1 heterocycles. The van der Waals surface area contributed by atoms with E-state index >= 15 is 0 Å². The van der Waals surface area contributed by atoms with Crippen LogP contribution in [0.25, 0.3) is 0 Å². The van der Waals surface area contributed by atoms with E-state index in [1.54, 1.807) is 12.4 Å². The van der Waals surface area contributed by atoms with Gasteiger partial charge in [-0.15, -0.1) is 0 Å². The van der Waals surface area contributed by atoms with Crippen molar-refractivity contribution in [3.05, 3.63) is 24.5 Å². The number of hydrogen-bond acceptors (Lipinski definition) is 2. The number of nitrogens with one attached hydrogen (secondary N) is 1. The number of unbranched alkanes of at least 4 members (excludes halogenated alkanes) is 1. The minimum Gasteiger partial charge on any atom is -0.324 e. The second-order valence-corrected chi connectivity index (χ2v) is 3.98. The van der Waals surface area contributed by atoms with Gasteiger partial charge in [0.05, 0.1) is 11.9 Å². The van der Waals surface area contributed by atoms with Crippen molar-refractivity contribution >= 4 is 11.6 Å². The molecule has 1 atom stereocenters. The molecule has 1 aromatic rings. The molecule has 0 radical (unpaired) electrons. The lowest BCUT2D eigenvalue weighted by atomic mass is 9.98. The van der Waals surface area contributed by atoms with Crippen LogP contribution in [0.3, 0.4) is 0 Å². The van der Waals surface area contributed by atoms with Gasteiger partial charge in [-0.1, -0.05) is 26.7 Å². The van der Waals surface area contributed by atoms with Crippen LogP contribution in [0.4, 0.5) is 5.69 Å². The summed E-state index contributed by atoms with van der Waals surface area (Å²) in [6.45, 7) is 4.20. The van der Waals surface area contributed by atoms with Gasteiger partial charge in [0.1, 0.15) is 0 Å². The number of anilines is 1. The van der Waals surface area contributed by atoms with E-state index in [9.17, 15) is 4.79 Å². The molecule has 0 saturated heterocycles. The number of hydrogen-bond donors (Lipinski definition) is 1. The van der Waals surface area contributed by atoms with E-state index in [-0.39, 0.29) is 11.8 Å². The second-order valence-electron chi connectivity index (χ2n) is 3.98. The summed E-state index contributed by atoms with van der Waals surface area (Å²) in [7, 11) is 0. The quantitative estimate of drug-likeness (QED) is 0.799. The minimum atomic E-state index is 0.115. The molecule has 0 aliphatic rings. The first-order valence-corrected chi connectivity index (χ1v) is 5.98. The zero-order chi connectivity index (χ0) is 11.8. The van der Waals surface area contributed by atoms with E-state index < -0.39 is 0 Å². The van der Waals surface area contributed by atoms with E-state index in [1.807, 2.05) is 12.1 Å². The Bertz CT molecular complexity index is 311. The van der Waals surface area contributed by atoms with Crippen molar-refractivity contribution in [2.24, 2.45) is 5.92 Å². The van der Waals surface area contributed by atoms with E-state index in [2.05, 4.69) is 24.1 Å². The summed E-state index contributed by atoms with van der Waals surface area (Å²) in [5.41, 5.74) is 0.780. The summed E-state index contributed by atoms with van der Waals surface area (Å²) in [6.07, 6.45) is 7.48. The monoisotopic (exact) mass is 220 g/mol. The highest BCUT2D eigenvalue weighted by molar-refractivity contribution is 5.92. The summed E-state index contributed by atoms with van der Waals surface area (Å²) in [4.78, 5) is 15.9. The van der Waals surface area contributed by atoms with E-state index in [0.29, 0.717) is 0 Å². The highest BCUT2D eigenvalue weighted by Gasteiger charge is 2.15.